The number of aryl methyl sites for hydroxylation is 1. The van der Waals surface area contributed by atoms with Gasteiger partial charge in [-0.15, -0.1) is 0 Å². The summed E-state index contributed by atoms with van der Waals surface area (Å²) in [5.74, 6) is 0. The van der Waals surface area contributed by atoms with Gasteiger partial charge in [-0.1, -0.05) is 41.4 Å². The van der Waals surface area contributed by atoms with Gasteiger partial charge < -0.3 is 0 Å². The molecular formula is C15H10ClF3N2. The van der Waals surface area contributed by atoms with Gasteiger partial charge in [0.15, 0.2) is 0 Å². The molecule has 0 saturated carbocycles. The smallest absolute Gasteiger partial charge is 0.270 e. The predicted octanol–water partition coefficient (Wildman–Crippen LogP) is 4.61. The van der Waals surface area contributed by atoms with E-state index in [0.29, 0.717) is 5.69 Å². The van der Waals surface area contributed by atoms with Crippen LogP contribution in [0.3, 0.4) is 0 Å². The van der Waals surface area contributed by atoms with Crippen LogP contribution in [0, 0.1) is 6.92 Å². The zero-order valence-electron chi connectivity index (χ0n) is 10.9. The fourth-order valence-corrected chi connectivity index (χ4v) is 2.32. The summed E-state index contributed by atoms with van der Waals surface area (Å²) in [5.41, 5.74) is 2.36. The summed E-state index contributed by atoms with van der Waals surface area (Å²) in [5, 5.41) is -0.0133. The number of pyridine rings is 1. The standard InChI is InChI=1S/C15H10ClF3N2/c1-8-2-4-9(5-3-8)12-14(21-12)13-11(16)6-10(7-20-13)15(17,18)19/h2-7,14H,1H3/t14-/m0/s1. The average molecular weight is 311 g/mol. The second-order valence-electron chi connectivity index (χ2n) is 4.87. The molecule has 21 heavy (non-hydrogen) atoms. The van der Waals surface area contributed by atoms with E-state index in [4.69, 9.17) is 11.6 Å². The van der Waals surface area contributed by atoms with Crippen LogP contribution in [-0.2, 0) is 6.18 Å². The van der Waals surface area contributed by atoms with Gasteiger partial charge in [0.2, 0.25) is 0 Å². The minimum absolute atomic E-state index is 0.0133. The Balaban J connectivity index is 1.83. The van der Waals surface area contributed by atoms with E-state index >= 15 is 0 Å². The fourth-order valence-electron chi connectivity index (χ4n) is 2.05. The normalized spacial score (nSPS) is 17.6. The lowest BCUT2D eigenvalue weighted by Gasteiger charge is -2.08. The first-order valence-electron chi connectivity index (χ1n) is 6.23. The number of aliphatic imine (C=N–C) groups is 1. The zero-order chi connectivity index (χ0) is 15.2. The highest BCUT2D eigenvalue weighted by molar-refractivity contribution is 6.32. The van der Waals surface area contributed by atoms with Crippen LogP contribution in [0.25, 0.3) is 0 Å². The molecular weight excluding hydrogens is 301 g/mol. The van der Waals surface area contributed by atoms with Crippen LogP contribution < -0.4 is 0 Å². The molecule has 1 aromatic carbocycles. The maximum absolute atomic E-state index is 12.6. The topological polar surface area (TPSA) is 25.2 Å². The Morgan fingerprint density at radius 1 is 1.14 bits per heavy atom. The third kappa shape index (κ3) is 2.78. The van der Waals surface area contributed by atoms with E-state index in [0.717, 1.165) is 29.1 Å². The lowest BCUT2D eigenvalue weighted by Crippen LogP contribution is -2.07. The van der Waals surface area contributed by atoms with Crippen LogP contribution in [0.2, 0.25) is 5.02 Å². The Bertz CT molecular complexity index is 721. The number of hydrogen-bond donors (Lipinski definition) is 0. The Morgan fingerprint density at radius 3 is 2.38 bits per heavy atom. The van der Waals surface area contributed by atoms with Gasteiger partial charge >= 0.3 is 6.18 Å². The molecule has 1 aliphatic rings. The van der Waals surface area contributed by atoms with Crippen LogP contribution in [0.1, 0.15) is 28.4 Å². The Morgan fingerprint density at radius 2 is 1.81 bits per heavy atom. The van der Waals surface area contributed by atoms with Crippen molar-refractivity contribution in [3.63, 3.8) is 0 Å². The Hall–Kier alpha value is -1.88. The fraction of sp³-hybridized carbons (Fsp3) is 0.200. The van der Waals surface area contributed by atoms with Crippen molar-refractivity contribution in [3.8, 4) is 0 Å². The van der Waals surface area contributed by atoms with E-state index < -0.39 is 11.7 Å². The van der Waals surface area contributed by atoms with E-state index in [1.165, 1.54) is 0 Å². The van der Waals surface area contributed by atoms with E-state index in [1.54, 1.807) is 0 Å². The van der Waals surface area contributed by atoms with Gasteiger partial charge in [-0.2, -0.15) is 13.2 Å². The highest BCUT2D eigenvalue weighted by Crippen LogP contribution is 2.39. The highest BCUT2D eigenvalue weighted by atomic mass is 35.5. The maximum Gasteiger partial charge on any atom is 0.417 e. The molecule has 6 heteroatoms. The third-order valence-corrected chi connectivity index (χ3v) is 3.57. The minimum atomic E-state index is -4.45. The van der Waals surface area contributed by atoms with Crippen LogP contribution in [0.15, 0.2) is 41.5 Å². The molecule has 0 amide bonds. The first-order valence-corrected chi connectivity index (χ1v) is 6.61. The lowest BCUT2D eigenvalue weighted by atomic mass is 10.1. The van der Waals surface area contributed by atoms with Crippen molar-refractivity contribution in [3.05, 3.63) is 63.9 Å². The molecule has 0 N–H and O–H groups in total. The summed E-state index contributed by atoms with van der Waals surface area (Å²) >= 11 is 5.91. The largest absolute Gasteiger partial charge is 0.417 e. The monoisotopic (exact) mass is 310 g/mol. The van der Waals surface area contributed by atoms with Gasteiger partial charge in [-0.3, -0.25) is 9.98 Å². The van der Waals surface area contributed by atoms with E-state index in [2.05, 4.69) is 9.98 Å². The van der Waals surface area contributed by atoms with E-state index in [1.807, 2.05) is 31.2 Å². The van der Waals surface area contributed by atoms with Crippen molar-refractivity contribution in [2.24, 2.45) is 4.99 Å². The highest BCUT2D eigenvalue weighted by Gasteiger charge is 2.36. The Labute approximate surface area is 124 Å². The van der Waals surface area contributed by atoms with Crippen molar-refractivity contribution in [1.29, 1.82) is 0 Å². The molecule has 1 aliphatic heterocycles. The number of benzene rings is 1. The molecule has 0 radical (unpaired) electrons. The molecule has 2 heterocycles. The molecule has 0 aliphatic carbocycles. The van der Waals surface area contributed by atoms with Gasteiger partial charge in [0.25, 0.3) is 0 Å². The molecule has 0 bridgehead atoms. The van der Waals surface area contributed by atoms with Crippen molar-refractivity contribution in [2.75, 3.05) is 0 Å². The molecule has 2 nitrogen and oxygen atoms in total. The molecule has 2 aromatic rings. The van der Waals surface area contributed by atoms with Crippen molar-refractivity contribution < 1.29 is 13.2 Å². The number of hydrogen-bond acceptors (Lipinski definition) is 2. The summed E-state index contributed by atoms with van der Waals surface area (Å²) < 4.78 is 37.7. The van der Waals surface area contributed by atoms with Crippen LogP contribution in [-0.4, -0.2) is 10.7 Å². The van der Waals surface area contributed by atoms with Gasteiger partial charge in [-0.25, -0.2) is 0 Å². The van der Waals surface area contributed by atoms with Crippen molar-refractivity contribution in [1.82, 2.24) is 4.98 Å². The van der Waals surface area contributed by atoms with Crippen LogP contribution >= 0.6 is 11.6 Å². The molecule has 0 spiro atoms. The third-order valence-electron chi connectivity index (χ3n) is 3.26. The van der Waals surface area contributed by atoms with Crippen molar-refractivity contribution >= 4 is 17.3 Å². The molecule has 0 saturated heterocycles. The molecule has 0 fully saturated rings. The summed E-state index contributed by atoms with van der Waals surface area (Å²) in [6.45, 7) is 1.98. The Kier molecular flexibility index (Phi) is 3.24. The van der Waals surface area contributed by atoms with Gasteiger partial charge in [0.1, 0.15) is 6.04 Å². The lowest BCUT2D eigenvalue weighted by molar-refractivity contribution is -0.137. The second kappa shape index (κ2) is 4.84. The first kappa shape index (κ1) is 14.1. The maximum atomic E-state index is 12.6. The van der Waals surface area contributed by atoms with Gasteiger partial charge in [0.05, 0.1) is 22.0 Å². The van der Waals surface area contributed by atoms with E-state index in [9.17, 15) is 13.2 Å². The second-order valence-corrected chi connectivity index (χ2v) is 5.28. The quantitative estimate of drug-likeness (QED) is 0.795. The van der Waals surface area contributed by atoms with Gasteiger partial charge in [-0.05, 0) is 18.6 Å². The zero-order valence-corrected chi connectivity index (χ0v) is 11.7. The average Bonchev–Trinajstić information content (AvgIpc) is 3.18. The molecule has 1 atom stereocenters. The summed E-state index contributed by atoms with van der Waals surface area (Å²) in [4.78, 5) is 8.10. The van der Waals surface area contributed by atoms with Crippen molar-refractivity contribution in [2.45, 2.75) is 19.1 Å². The minimum Gasteiger partial charge on any atom is -0.270 e. The number of aromatic nitrogens is 1. The summed E-state index contributed by atoms with van der Waals surface area (Å²) in [7, 11) is 0. The summed E-state index contributed by atoms with van der Waals surface area (Å²) in [6.07, 6.45) is -3.65. The first-order chi connectivity index (χ1) is 9.86. The number of rotatable bonds is 2. The van der Waals surface area contributed by atoms with Crippen LogP contribution in [0.5, 0.6) is 0 Å². The van der Waals surface area contributed by atoms with Gasteiger partial charge in [0, 0.05) is 6.20 Å². The molecule has 0 unspecified atom stereocenters. The molecule has 3 rings (SSSR count). The van der Waals surface area contributed by atoms with E-state index in [-0.39, 0.29) is 11.1 Å². The number of nitrogens with zero attached hydrogens (tertiary/aromatic N) is 2. The molecule has 1 aromatic heterocycles. The predicted molar refractivity (Wildman–Crippen MR) is 74.7 cm³/mol. The number of alkyl halides is 3. The SMILES string of the molecule is Cc1ccc(C2=N[C@@H]2c2ncc(C(F)(F)F)cc2Cl)cc1. The summed E-state index contributed by atoms with van der Waals surface area (Å²) in [6, 6.07) is 8.30. The molecule has 108 valence electrons. The number of halogens is 4. The van der Waals surface area contributed by atoms with Crippen LogP contribution in [0.4, 0.5) is 13.2 Å².